The topological polar surface area (TPSA) is 65.1 Å². The largest absolute Gasteiger partial charge is 0.466 e. The van der Waals surface area contributed by atoms with Crippen LogP contribution in [0.25, 0.3) is 10.4 Å². The number of nitriles is 2. The molecule has 0 saturated heterocycles. The second kappa shape index (κ2) is 4.50. The molecule has 0 radical (unpaired) electrons. The highest BCUT2D eigenvalue weighted by atomic mass is 16.3. The zero-order chi connectivity index (χ0) is 10.4. The molecular formula is C10H5N3O. The lowest BCUT2D eigenvalue weighted by Gasteiger charge is -1.97. The molecule has 4 nitrogen and oxygen atoms in total. The van der Waals surface area contributed by atoms with Crippen molar-refractivity contribution < 1.29 is 4.42 Å². The van der Waals surface area contributed by atoms with Crippen LogP contribution in [-0.2, 0) is 0 Å². The van der Waals surface area contributed by atoms with Crippen LogP contribution >= 0.6 is 0 Å². The van der Waals surface area contributed by atoms with Gasteiger partial charge in [-0.25, -0.2) is 10.1 Å². The van der Waals surface area contributed by atoms with Gasteiger partial charge in [0.25, 0.3) is 5.70 Å². The quantitative estimate of drug-likeness (QED) is 0.522. The van der Waals surface area contributed by atoms with Gasteiger partial charge in [0, 0.05) is 5.57 Å². The Hall–Kier alpha value is -2.51. The van der Waals surface area contributed by atoms with Crippen LogP contribution in [0.1, 0.15) is 12.2 Å². The molecule has 66 valence electrons. The molecule has 0 N–H and O–H groups in total. The van der Waals surface area contributed by atoms with E-state index >= 15 is 0 Å². The van der Waals surface area contributed by atoms with Crippen molar-refractivity contribution >= 4 is 5.57 Å². The summed E-state index contributed by atoms with van der Waals surface area (Å²) in [7, 11) is 0. The second-order valence-corrected chi connectivity index (χ2v) is 2.36. The van der Waals surface area contributed by atoms with Gasteiger partial charge in [-0.2, -0.15) is 5.26 Å². The Labute approximate surface area is 81.1 Å². The molecule has 0 spiro atoms. The molecule has 1 aromatic heterocycles. The third kappa shape index (κ3) is 1.80. The molecule has 1 rings (SSSR count). The number of nitrogens with zero attached hydrogens (tertiary/aromatic N) is 3. The van der Waals surface area contributed by atoms with E-state index in [2.05, 4.69) is 4.85 Å². The number of allylic oxidation sites excluding steroid dienone is 2. The van der Waals surface area contributed by atoms with E-state index in [1.807, 2.05) is 6.07 Å². The van der Waals surface area contributed by atoms with Gasteiger partial charge in [-0.1, -0.05) is 0 Å². The van der Waals surface area contributed by atoms with Gasteiger partial charge in [0.1, 0.15) is 5.76 Å². The Morgan fingerprint density at radius 2 is 2.36 bits per heavy atom. The second-order valence-electron chi connectivity index (χ2n) is 2.36. The minimum atomic E-state index is -0.0958. The molecule has 0 unspecified atom stereocenters. The fourth-order valence-corrected chi connectivity index (χ4v) is 0.977. The number of hydrogen-bond acceptors (Lipinski definition) is 3. The van der Waals surface area contributed by atoms with E-state index < -0.39 is 0 Å². The van der Waals surface area contributed by atoms with Crippen molar-refractivity contribution in [2.45, 2.75) is 6.42 Å². The van der Waals surface area contributed by atoms with Gasteiger partial charge in [-0.15, -0.1) is 0 Å². The van der Waals surface area contributed by atoms with Crippen molar-refractivity contribution in [1.82, 2.24) is 0 Å². The van der Waals surface area contributed by atoms with E-state index in [-0.39, 0.29) is 12.1 Å². The van der Waals surface area contributed by atoms with Crippen molar-refractivity contribution in [2.24, 2.45) is 0 Å². The molecule has 0 aliphatic rings. The Bertz CT molecular complexity index is 447. The maximum Gasteiger partial charge on any atom is 0.269 e. The number of furan rings is 1. The van der Waals surface area contributed by atoms with E-state index in [1.54, 1.807) is 18.2 Å². The fraction of sp³-hybridized carbons (Fsp3) is 0.100. The first-order chi connectivity index (χ1) is 6.83. The summed E-state index contributed by atoms with van der Waals surface area (Å²) in [5.74, 6) is 0.402. The van der Waals surface area contributed by atoms with Gasteiger partial charge in [-0.05, 0) is 12.1 Å². The zero-order valence-electron chi connectivity index (χ0n) is 7.19. The summed E-state index contributed by atoms with van der Waals surface area (Å²) in [4.78, 5) is 3.04. The van der Waals surface area contributed by atoms with Gasteiger partial charge in [0.15, 0.2) is 0 Å². The Kier molecular flexibility index (Phi) is 3.08. The van der Waals surface area contributed by atoms with Crippen LogP contribution in [0.4, 0.5) is 0 Å². The first kappa shape index (κ1) is 9.58. The van der Waals surface area contributed by atoms with Crippen molar-refractivity contribution in [1.29, 1.82) is 10.5 Å². The number of hydrogen-bond donors (Lipinski definition) is 0. The fourth-order valence-electron chi connectivity index (χ4n) is 0.977. The highest BCUT2D eigenvalue weighted by Gasteiger charge is 2.11. The van der Waals surface area contributed by atoms with Crippen LogP contribution in [0.5, 0.6) is 0 Å². The summed E-state index contributed by atoms with van der Waals surface area (Å²) in [6, 6.07) is 6.90. The minimum absolute atomic E-state index is 0.00120. The molecule has 0 aliphatic heterocycles. The maximum absolute atomic E-state index is 8.65. The van der Waals surface area contributed by atoms with Crippen LogP contribution in [0.15, 0.2) is 28.5 Å². The van der Waals surface area contributed by atoms with E-state index in [4.69, 9.17) is 21.5 Å². The molecule has 1 heterocycles. The van der Waals surface area contributed by atoms with Crippen LogP contribution < -0.4 is 0 Å². The van der Waals surface area contributed by atoms with Gasteiger partial charge >= 0.3 is 0 Å². The highest BCUT2D eigenvalue weighted by molar-refractivity contribution is 5.71. The molecule has 4 heteroatoms. The Balaban J connectivity index is 3.24. The molecule has 0 atom stereocenters. The SMILES string of the molecule is [C-]#[N+]C(C#N)=C(CC#N)c1ccco1. The zero-order valence-corrected chi connectivity index (χ0v) is 7.19. The maximum atomic E-state index is 8.65. The predicted molar refractivity (Wildman–Crippen MR) is 48.1 cm³/mol. The predicted octanol–water partition coefficient (Wildman–Crippen LogP) is 2.35. The summed E-state index contributed by atoms with van der Waals surface area (Å²) < 4.78 is 5.03. The van der Waals surface area contributed by atoms with Gasteiger partial charge in [0.2, 0.25) is 0 Å². The van der Waals surface area contributed by atoms with Crippen LogP contribution in [0.2, 0.25) is 0 Å². The lowest BCUT2D eigenvalue weighted by atomic mass is 10.1. The lowest BCUT2D eigenvalue weighted by molar-refractivity contribution is 0.551. The van der Waals surface area contributed by atoms with Crippen molar-refractivity contribution in [3.63, 3.8) is 0 Å². The third-order valence-corrected chi connectivity index (χ3v) is 1.58. The Morgan fingerprint density at radius 3 is 2.79 bits per heavy atom. The third-order valence-electron chi connectivity index (χ3n) is 1.58. The minimum Gasteiger partial charge on any atom is -0.466 e. The van der Waals surface area contributed by atoms with E-state index in [0.717, 1.165) is 0 Å². The average molecular weight is 183 g/mol. The lowest BCUT2D eigenvalue weighted by Crippen LogP contribution is -1.84. The first-order valence-electron chi connectivity index (χ1n) is 3.75. The van der Waals surface area contributed by atoms with Crippen molar-refractivity contribution in [3.8, 4) is 12.1 Å². The van der Waals surface area contributed by atoms with E-state index in [1.165, 1.54) is 6.26 Å². The standard InChI is InChI=1S/C10H5N3O/c1-13-9(7-12)8(4-5-11)10-3-2-6-14-10/h2-3,6H,4H2. The molecule has 0 aliphatic carbocycles. The average Bonchev–Trinajstić information content (AvgIpc) is 2.71. The molecule has 0 aromatic carbocycles. The molecule has 0 fully saturated rings. The first-order valence-corrected chi connectivity index (χ1v) is 3.75. The summed E-state index contributed by atoms with van der Waals surface area (Å²) in [6.07, 6.45) is 1.43. The van der Waals surface area contributed by atoms with Crippen molar-refractivity contribution in [2.75, 3.05) is 0 Å². The summed E-state index contributed by atoms with van der Waals surface area (Å²) in [5.41, 5.74) is 0.247. The van der Waals surface area contributed by atoms with Crippen LogP contribution in [0, 0.1) is 29.2 Å². The summed E-state index contributed by atoms with van der Waals surface area (Å²) >= 11 is 0. The molecule has 0 amide bonds. The molecule has 0 saturated carbocycles. The Morgan fingerprint density at radius 1 is 1.57 bits per heavy atom. The van der Waals surface area contributed by atoms with Gasteiger partial charge in [-0.3, -0.25) is 0 Å². The monoisotopic (exact) mass is 183 g/mol. The molecular weight excluding hydrogens is 178 g/mol. The van der Waals surface area contributed by atoms with Gasteiger partial charge in [0.05, 0.1) is 31.4 Å². The van der Waals surface area contributed by atoms with Crippen LogP contribution in [0.3, 0.4) is 0 Å². The van der Waals surface area contributed by atoms with E-state index in [9.17, 15) is 0 Å². The normalized spacial score (nSPS) is 10.6. The smallest absolute Gasteiger partial charge is 0.269 e. The van der Waals surface area contributed by atoms with Crippen molar-refractivity contribution in [3.05, 3.63) is 41.3 Å². The molecule has 0 bridgehead atoms. The van der Waals surface area contributed by atoms with E-state index in [0.29, 0.717) is 11.3 Å². The highest BCUT2D eigenvalue weighted by Crippen LogP contribution is 2.22. The number of rotatable bonds is 2. The summed E-state index contributed by atoms with van der Waals surface area (Å²) in [5, 5.41) is 17.2. The van der Waals surface area contributed by atoms with Crippen LogP contribution in [-0.4, -0.2) is 0 Å². The molecule has 14 heavy (non-hydrogen) atoms. The summed E-state index contributed by atoms with van der Waals surface area (Å²) in [6.45, 7) is 6.76. The molecule has 1 aromatic rings. The van der Waals surface area contributed by atoms with Gasteiger partial charge < -0.3 is 4.42 Å².